The minimum Gasteiger partial charge on any atom is -0.306 e. The van der Waals surface area contributed by atoms with Gasteiger partial charge in [-0.05, 0) is 31.6 Å². The quantitative estimate of drug-likeness (QED) is 0.605. The van der Waals surface area contributed by atoms with E-state index >= 15 is 0 Å². The number of halogens is 2. The van der Waals surface area contributed by atoms with Crippen molar-refractivity contribution in [2.45, 2.75) is 83.4 Å². The van der Waals surface area contributed by atoms with E-state index in [2.05, 4.69) is 31.1 Å². The third-order valence-corrected chi connectivity index (χ3v) is 5.33. The van der Waals surface area contributed by atoms with E-state index in [-0.39, 0.29) is 24.8 Å². The molecule has 0 bridgehead atoms. The molecule has 1 atom stereocenters. The van der Waals surface area contributed by atoms with Gasteiger partial charge in [0, 0.05) is 25.0 Å². The molecule has 0 saturated heterocycles. The Balaban J connectivity index is 2.71. The summed E-state index contributed by atoms with van der Waals surface area (Å²) >= 11 is 1.56. The normalized spacial score (nSPS) is 22.0. The van der Waals surface area contributed by atoms with Crippen molar-refractivity contribution in [2.24, 2.45) is 10.9 Å². The van der Waals surface area contributed by atoms with Crippen molar-refractivity contribution in [1.29, 1.82) is 0 Å². The minimum absolute atomic E-state index is 0.0322. The van der Waals surface area contributed by atoms with Crippen LogP contribution in [0.25, 0.3) is 0 Å². The number of nitrogens with one attached hydrogen (secondary N) is 1. The van der Waals surface area contributed by atoms with Crippen LogP contribution in [0.1, 0.15) is 66.2 Å². The number of hydrogen-bond acceptors (Lipinski definition) is 3. The van der Waals surface area contributed by atoms with Crippen molar-refractivity contribution in [1.82, 2.24) is 5.32 Å². The Morgan fingerprint density at radius 1 is 1.23 bits per heavy atom. The van der Waals surface area contributed by atoms with Crippen molar-refractivity contribution >= 4 is 22.8 Å². The molecule has 0 aromatic carbocycles. The van der Waals surface area contributed by atoms with Crippen LogP contribution in [0.15, 0.2) is 4.99 Å². The number of hydrogen-bond donors (Lipinski definition) is 1. The molecular weight excluding hydrogens is 306 g/mol. The Kier molecular flexibility index (Phi) is 7.80. The van der Waals surface area contributed by atoms with Crippen molar-refractivity contribution < 1.29 is 13.6 Å². The van der Waals surface area contributed by atoms with Gasteiger partial charge in [-0.15, -0.1) is 0 Å². The van der Waals surface area contributed by atoms with Gasteiger partial charge < -0.3 is 5.32 Å². The zero-order valence-corrected chi connectivity index (χ0v) is 14.8. The molecule has 0 aromatic heterocycles. The molecule has 0 spiro atoms. The van der Waals surface area contributed by atoms with Gasteiger partial charge in [0.25, 0.3) is 0 Å². The van der Waals surface area contributed by atoms with Crippen LogP contribution in [0.3, 0.4) is 0 Å². The van der Waals surface area contributed by atoms with Gasteiger partial charge in [0.15, 0.2) is 5.17 Å². The van der Waals surface area contributed by atoms with Crippen LogP contribution in [-0.4, -0.2) is 28.3 Å². The summed E-state index contributed by atoms with van der Waals surface area (Å²) in [6.45, 7) is 7.82. The van der Waals surface area contributed by atoms with Gasteiger partial charge in [-0.25, -0.2) is 8.78 Å². The monoisotopic (exact) mass is 334 g/mol. The second kappa shape index (κ2) is 8.85. The first-order chi connectivity index (χ1) is 10.2. The molecule has 1 N–H and O–H groups in total. The Hall–Kier alpha value is -0.650. The van der Waals surface area contributed by atoms with E-state index in [1.165, 1.54) is 6.92 Å². The molecule has 0 aliphatic heterocycles. The van der Waals surface area contributed by atoms with E-state index < -0.39 is 5.92 Å². The summed E-state index contributed by atoms with van der Waals surface area (Å²) in [5, 5.41) is 3.76. The topological polar surface area (TPSA) is 41.5 Å². The van der Waals surface area contributed by atoms with Crippen LogP contribution < -0.4 is 5.32 Å². The zero-order valence-electron chi connectivity index (χ0n) is 14.0. The van der Waals surface area contributed by atoms with Gasteiger partial charge in [0.1, 0.15) is 0 Å². The lowest BCUT2D eigenvalue weighted by molar-refractivity contribution is -0.117. The summed E-state index contributed by atoms with van der Waals surface area (Å²) in [4.78, 5) is 16.0. The van der Waals surface area contributed by atoms with Crippen molar-refractivity contribution in [3.8, 4) is 0 Å². The highest BCUT2D eigenvalue weighted by atomic mass is 32.2. The van der Waals surface area contributed by atoms with Crippen LogP contribution in [0, 0.1) is 5.92 Å². The number of amidine groups is 1. The number of nitrogens with zero attached hydrogens (tertiary/aromatic N) is 1. The Morgan fingerprint density at radius 3 is 2.23 bits per heavy atom. The highest BCUT2D eigenvalue weighted by molar-refractivity contribution is 8.14. The van der Waals surface area contributed by atoms with E-state index in [0.29, 0.717) is 42.0 Å². The molecule has 0 heterocycles. The number of alkyl halides is 2. The van der Waals surface area contributed by atoms with Crippen molar-refractivity contribution in [3.05, 3.63) is 0 Å². The molecule has 1 aliphatic rings. The van der Waals surface area contributed by atoms with Crippen molar-refractivity contribution in [3.63, 3.8) is 0 Å². The van der Waals surface area contributed by atoms with Crippen LogP contribution in [-0.2, 0) is 4.79 Å². The molecule has 1 unspecified atom stereocenters. The summed E-state index contributed by atoms with van der Waals surface area (Å²) in [5.74, 6) is -2.18. The largest absolute Gasteiger partial charge is 0.306 e. The van der Waals surface area contributed by atoms with Crippen LogP contribution in [0.4, 0.5) is 8.78 Å². The third-order valence-electron chi connectivity index (χ3n) is 3.98. The summed E-state index contributed by atoms with van der Waals surface area (Å²) in [7, 11) is 0. The van der Waals surface area contributed by atoms with Gasteiger partial charge in [0.05, 0.1) is 6.04 Å². The number of rotatable bonds is 3. The molecule has 1 rings (SSSR count). The smallest absolute Gasteiger partial charge is 0.248 e. The molecule has 1 amide bonds. The maximum atomic E-state index is 13.4. The van der Waals surface area contributed by atoms with E-state index in [1.807, 2.05) is 0 Å². The fraction of sp³-hybridized carbons (Fsp3) is 0.875. The number of thioether (sulfide) groups is 1. The average Bonchev–Trinajstić information content (AvgIpc) is 2.34. The first-order valence-electron chi connectivity index (χ1n) is 8.09. The number of amides is 1. The first kappa shape index (κ1) is 19.4. The maximum Gasteiger partial charge on any atom is 0.248 e. The average molecular weight is 334 g/mol. The van der Waals surface area contributed by atoms with Crippen LogP contribution in [0.5, 0.6) is 0 Å². The molecule has 1 saturated carbocycles. The lowest BCUT2D eigenvalue weighted by Crippen LogP contribution is -2.30. The summed E-state index contributed by atoms with van der Waals surface area (Å²) in [5.41, 5.74) is 0. The fourth-order valence-corrected chi connectivity index (χ4v) is 3.35. The predicted octanol–water partition coefficient (Wildman–Crippen LogP) is 4.61. The van der Waals surface area contributed by atoms with Gasteiger partial charge >= 0.3 is 0 Å². The summed E-state index contributed by atoms with van der Waals surface area (Å²) in [6, 6.07) is 0.0322. The lowest BCUT2D eigenvalue weighted by atomic mass is 9.95. The van der Waals surface area contributed by atoms with Gasteiger partial charge in [0.2, 0.25) is 11.8 Å². The van der Waals surface area contributed by atoms with E-state index in [9.17, 15) is 13.6 Å². The fourth-order valence-electron chi connectivity index (χ4n) is 2.31. The second-order valence-corrected chi connectivity index (χ2v) is 7.84. The SMILES string of the molecule is CC(=O)NC(=NC1CCCC(F)(F)CCC1)SC(C)C(C)C. The maximum absolute atomic E-state index is 13.4. The molecule has 6 heteroatoms. The Labute approximate surface area is 136 Å². The molecular formula is C16H28F2N2OS. The molecule has 22 heavy (non-hydrogen) atoms. The molecule has 3 nitrogen and oxygen atoms in total. The Bertz CT molecular complexity index is 388. The zero-order chi connectivity index (χ0) is 16.8. The van der Waals surface area contributed by atoms with Crippen LogP contribution >= 0.6 is 11.8 Å². The number of carbonyl (C=O) groups excluding carboxylic acids is 1. The lowest BCUT2D eigenvalue weighted by Gasteiger charge is -2.23. The molecule has 1 fully saturated rings. The van der Waals surface area contributed by atoms with E-state index in [1.54, 1.807) is 11.8 Å². The first-order valence-corrected chi connectivity index (χ1v) is 8.97. The summed E-state index contributed by atoms with van der Waals surface area (Å²) < 4.78 is 26.7. The number of carbonyl (C=O) groups is 1. The highest BCUT2D eigenvalue weighted by Gasteiger charge is 2.30. The molecule has 0 aromatic rings. The second-order valence-electron chi connectivity index (χ2n) is 6.48. The highest BCUT2D eigenvalue weighted by Crippen LogP contribution is 2.32. The van der Waals surface area contributed by atoms with Gasteiger partial charge in [-0.3, -0.25) is 9.79 Å². The minimum atomic E-state index is -2.52. The van der Waals surface area contributed by atoms with Crippen molar-refractivity contribution in [2.75, 3.05) is 0 Å². The molecule has 0 radical (unpaired) electrons. The Morgan fingerprint density at radius 2 is 1.77 bits per heavy atom. The van der Waals surface area contributed by atoms with E-state index in [4.69, 9.17) is 0 Å². The standard InChI is InChI=1S/C16H28F2N2OS/c1-11(2)12(3)22-15(19-13(4)21)20-14-7-5-9-16(17,18)10-6-8-14/h11-12,14H,5-10H2,1-4H3,(H,19,20,21). The molecule has 1 aliphatic carbocycles. The predicted molar refractivity (Wildman–Crippen MR) is 89.6 cm³/mol. The summed E-state index contributed by atoms with van der Waals surface area (Å²) in [6.07, 6.45) is 2.19. The van der Waals surface area contributed by atoms with Gasteiger partial charge in [-0.1, -0.05) is 32.5 Å². The third kappa shape index (κ3) is 7.56. The van der Waals surface area contributed by atoms with Gasteiger partial charge in [-0.2, -0.15) is 0 Å². The molecule has 128 valence electrons. The van der Waals surface area contributed by atoms with E-state index in [0.717, 1.165) is 0 Å². The number of aliphatic imine (C=N–C) groups is 1. The van der Waals surface area contributed by atoms with Crippen LogP contribution in [0.2, 0.25) is 0 Å².